The van der Waals surface area contributed by atoms with Crippen molar-refractivity contribution in [2.75, 3.05) is 0 Å². The quantitative estimate of drug-likeness (QED) is 0.812. The van der Waals surface area contributed by atoms with E-state index in [1.165, 1.54) is 40.1 Å². The summed E-state index contributed by atoms with van der Waals surface area (Å²) in [6, 6.07) is 10.8. The molecule has 0 fully saturated rings. The molecule has 0 saturated heterocycles. The van der Waals surface area contributed by atoms with Crippen LogP contribution in [0.3, 0.4) is 0 Å². The second-order valence-corrected chi connectivity index (χ2v) is 6.67. The van der Waals surface area contributed by atoms with E-state index in [2.05, 4.69) is 44.2 Å². The summed E-state index contributed by atoms with van der Waals surface area (Å²) in [4.78, 5) is 5.98. The molecule has 0 atom stereocenters. The van der Waals surface area contributed by atoms with E-state index >= 15 is 0 Å². The van der Waals surface area contributed by atoms with E-state index in [0.717, 1.165) is 17.9 Å². The van der Waals surface area contributed by atoms with Gasteiger partial charge >= 0.3 is 0 Å². The number of aryl methyl sites for hydroxylation is 4. The molecule has 0 bridgehead atoms. The summed E-state index contributed by atoms with van der Waals surface area (Å²) in [7, 11) is 0. The molecule has 0 unspecified atom stereocenters. The third kappa shape index (κ3) is 2.96. The van der Waals surface area contributed by atoms with E-state index in [0.29, 0.717) is 5.56 Å². The largest absolute Gasteiger partial charge is 0.244 e. The van der Waals surface area contributed by atoms with Crippen molar-refractivity contribution in [2.45, 2.75) is 49.5 Å². The van der Waals surface area contributed by atoms with Gasteiger partial charge in [-0.05, 0) is 68.4 Å². The van der Waals surface area contributed by atoms with Gasteiger partial charge in [0.15, 0.2) is 0 Å². The molecule has 106 valence electrons. The van der Waals surface area contributed by atoms with Crippen molar-refractivity contribution in [3.8, 4) is 6.07 Å². The van der Waals surface area contributed by atoms with Gasteiger partial charge < -0.3 is 0 Å². The molecule has 21 heavy (non-hydrogen) atoms. The van der Waals surface area contributed by atoms with Gasteiger partial charge in [-0.2, -0.15) is 5.26 Å². The first-order chi connectivity index (χ1) is 10.2. The number of aromatic nitrogens is 1. The van der Waals surface area contributed by atoms with E-state index in [1.807, 2.05) is 0 Å². The van der Waals surface area contributed by atoms with Crippen LogP contribution < -0.4 is 0 Å². The Hall–Kier alpha value is -1.79. The zero-order chi connectivity index (χ0) is 14.8. The summed E-state index contributed by atoms with van der Waals surface area (Å²) in [6.45, 7) is 4.20. The first-order valence-electron chi connectivity index (χ1n) is 7.35. The zero-order valence-corrected chi connectivity index (χ0v) is 13.3. The van der Waals surface area contributed by atoms with Crippen LogP contribution in [0, 0.1) is 25.2 Å². The summed E-state index contributed by atoms with van der Waals surface area (Å²) in [5.41, 5.74) is 5.63. The van der Waals surface area contributed by atoms with Crippen molar-refractivity contribution in [1.82, 2.24) is 4.98 Å². The number of rotatable bonds is 2. The van der Waals surface area contributed by atoms with E-state index in [9.17, 15) is 5.26 Å². The maximum atomic E-state index is 9.42. The second kappa shape index (κ2) is 5.91. The number of nitrogens with zero attached hydrogens (tertiary/aromatic N) is 2. The summed E-state index contributed by atoms with van der Waals surface area (Å²) >= 11 is 1.62. The van der Waals surface area contributed by atoms with E-state index in [-0.39, 0.29) is 0 Å². The van der Waals surface area contributed by atoms with E-state index in [1.54, 1.807) is 11.8 Å². The molecule has 0 N–H and O–H groups in total. The molecule has 1 aliphatic carbocycles. The Morgan fingerprint density at radius 1 is 1.14 bits per heavy atom. The number of benzene rings is 1. The highest BCUT2D eigenvalue weighted by atomic mass is 32.2. The molecule has 2 aromatic rings. The van der Waals surface area contributed by atoms with Crippen LogP contribution in [0.15, 0.2) is 34.2 Å². The molecular formula is C18H18N2S. The lowest BCUT2D eigenvalue weighted by Crippen LogP contribution is -2.07. The Bertz CT molecular complexity index is 729. The van der Waals surface area contributed by atoms with Crippen LogP contribution in [0.25, 0.3) is 0 Å². The molecule has 1 heterocycles. The second-order valence-electron chi connectivity index (χ2n) is 5.64. The highest BCUT2D eigenvalue weighted by Crippen LogP contribution is 2.34. The number of nitriles is 1. The molecule has 1 aliphatic rings. The van der Waals surface area contributed by atoms with Gasteiger partial charge in [0.25, 0.3) is 0 Å². The molecule has 0 radical (unpaired) electrons. The highest BCUT2D eigenvalue weighted by Gasteiger charge is 2.16. The van der Waals surface area contributed by atoms with Crippen molar-refractivity contribution < 1.29 is 0 Å². The van der Waals surface area contributed by atoms with Gasteiger partial charge in [-0.15, -0.1) is 0 Å². The standard InChI is InChI=1S/C18H18N2S/c1-12-7-8-13(2)17(9-12)21-18-15(11-19)10-14-5-3-4-6-16(14)20-18/h7-10H,3-6H2,1-2H3. The average Bonchev–Trinajstić information content (AvgIpc) is 2.50. The molecule has 0 saturated carbocycles. The predicted molar refractivity (Wildman–Crippen MR) is 85.6 cm³/mol. The molecule has 3 rings (SSSR count). The average molecular weight is 294 g/mol. The monoisotopic (exact) mass is 294 g/mol. The fourth-order valence-corrected chi connectivity index (χ4v) is 3.75. The number of pyridine rings is 1. The highest BCUT2D eigenvalue weighted by molar-refractivity contribution is 7.99. The third-order valence-electron chi connectivity index (χ3n) is 3.94. The van der Waals surface area contributed by atoms with Crippen molar-refractivity contribution in [2.24, 2.45) is 0 Å². The Morgan fingerprint density at radius 2 is 1.95 bits per heavy atom. The van der Waals surface area contributed by atoms with Crippen molar-refractivity contribution >= 4 is 11.8 Å². The van der Waals surface area contributed by atoms with Crippen molar-refractivity contribution in [1.29, 1.82) is 5.26 Å². The molecule has 0 amide bonds. The molecular weight excluding hydrogens is 276 g/mol. The summed E-state index contributed by atoms with van der Waals surface area (Å²) in [5, 5.41) is 10.3. The van der Waals surface area contributed by atoms with Crippen molar-refractivity contribution in [3.05, 3.63) is 52.2 Å². The van der Waals surface area contributed by atoms with Crippen LogP contribution >= 0.6 is 11.8 Å². The van der Waals surface area contributed by atoms with Gasteiger partial charge in [0.05, 0.1) is 5.56 Å². The molecule has 1 aromatic carbocycles. The Labute approximate surface area is 130 Å². The predicted octanol–water partition coefficient (Wildman–Crippen LogP) is 4.60. The first-order valence-corrected chi connectivity index (χ1v) is 8.17. The topological polar surface area (TPSA) is 36.7 Å². The Balaban J connectivity index is 2.02. The number of hydrogen-bond donors (Lipinski definition) is 0. The van der Waals surface area contributed by atoms with Crippen LogP contribution in [0.4, 0.5) is 0 Å². The van der Waals surface area contributed by atoms with Gasteiger partial charge in [-0.1, -0.05) is 23.9 Å². The summed E-state index contributed by atoms with van der Waals surface area (Å²) in [5.74, 6) is 0. The van der Waals surface area contributed by atoms with Gasteiger partial charge in [-0.3, -0.25) is 0 Å². The SMILES string of the molecule is Cc1ccc(C)c(Sc2nc3c(cc2C#N)CCCC3)c1. The fourth-order valence-electron chi connectivity index (χ4n) is 2.69. The molecule has 0 spiro atoms. The fraction of sp³-hybridized carbons (Fsp3) is 0.333. The molecule has 3 heteroatoms. The smallest absolute Gasteiger partial charge is 0.119 e. The van der Waals surface area contributed by atoms with Crippen LogP contribution in [0.5, 0.6) is 0 Å². The minimum atomic E-state index is 0.710. The van der Waals surface area contributed by atoms with E-state index < -0.39 is 0 Å². The Morgan fingerprint density at radius 3 is 2.76 bits per heavy atom. The third-order valence-corrected chi connectivity index (χ3v) is 5.10. The van der Waals surface area contributed by atoms with Gasteiger partial charge in [-0.25, -0.2) is 4.98 Å². The minimum Gasteiger partial charge on any atom is -0.244 e. The van der Waals surface area contributed by atoms with Gasteiger partial charge in [0, 0.05) is 10.6 Å². The molecule has 2 nitrogen and oxygen atoms in total. The lowest BCUT2D eigenvalue weighted by molar-refractivity contribution is 0.660. The molecule has 1 aromatic heterocycles. The molecule has 0 aliphatic heterocycles. The van der Waals surface area contributed by atoms with Crippen LogP contribution in [-0.2, 0) is 12.8 Å². The van der Waals surface area contributed by atoms with Crippen LogP contribution in [0.2, 0.25) is 0 Å². The van der Waals surface area contributed by atoms with Gasteiger partial charge in [0.2, 0.25) is 0 Å². The first kappa shape index (κ1) is 14.2. The summed E-state index contributed by atoms with van der Waals surface area (Å²) < 4.78 is 0. The zero-order valence-electron chi connectivity index (χ0n) is 12.4. The van der Waals surface area contributed by atoms with Crippen LogP contribution in [-0.4, -0.2) is 4.98 Å². The Kier molecular flexibility index (Phi) is 3.98. The van der Waals surface area contributed by atoms with Crippen LogP contribution in [0.1, 0.15) is 40.8 Å². The van der Waals surface area contributed by atoms with Crippen molar-refractivity contribution in [3.63, 3.8) is 0 Å². The maximum Gasteiger partial charge on any atom is 0.119 e. The number of fused-ring (bicyclic) bond motifs is 1. The number of hydrogen-bond acceptors (Lipinski definition) is 3. The summed E-state index contributed by atoms with van der Waals surface area (Å²) in [6.07, 6.45) is 4.52. The maximum absolute atomic E-state index is 9.42. The van der Waals surface area contributed by atoms with Gasteiger partial charge in [0.1, 0.15) is 11.1 Å². The lowest BCUT2D eigenvalue weighted by Gasteiger charge is -2.17. The van der Waals surface area contributed by atoms with E-state index in [4.69, 9.17) is 4.98 Å². The minimum absolute atomic E-state index is 0.710. The lowest BCUT2D eigenvalue weighted by atomic mass is 9.95. The normalized spacial score (nSPS) is 13.6.